The molecular formula is C14H21NO. The molecular weight excluding hydrogens is 198 g/mol. The third kappa shape index (κ3) is 4.35. The van der Waals surface area contributed by atoms with E-state index in [0.29, 0.717) is 12.3 Å². The van der Waals surface area contributed by atoms with Gasteiger partial charge in [0.05, 0.1) is 13.2 Å². The van der Waals surface area contributed by atoms with Crippen molar-refractivity contribution < 1.29 is 4.74 Å². The fraction of sp³-hybridized carbons (Fsp3) is 0.500. The summed E-state index contributed by atoms with van der Waals surface area (Å²) in [5.41, 5.74) is 1.13. The Morgan fingerprint density at radius 2 is 2.12 bits per heavy atom. The number of ether oxygens (including phenoxy) is 1. The van der Waals surface area contributed by atoms with Crippen LogP contribution in [0.5, 0.6) is 0 Å². The van der Waals surface area contributed by atoms with E-state index in [1.165, 1.54) is 0 Å². The molecule has 1 atom stereocenters. The molecule has 2 heteroatoms. The van der Waals surface area contributed by atoms with Crippen LogP contribution in [0, 0.1) is 23.2 Å². The highest BCUT2D eigenvalue weighted by Crippen LogP contribution is 2.26. The molecule has 0 rings (SSSR count). The molecule has 0 bridgehead atoms. The van der Waals surface area contributed by atoms with Gasteiger partial charge >= 0.3 is 0 Å². The Balaban J connectivity index is 5.04. The smallest absolute Gasteiger partial charge is 0.118 e. The van der Waals surface area contributed by atoms with Gasteiger partial charge < -0.3 is 4.74 Å². The fourth-order valence-electron chi connectivity index (χ4n) is 1.61. The number of allylic oxidation sites excluding steroid dienone is 4. The van der Waals surface area contributed by atoms with Crippen LogP contribution in [0.15, 0.2) is 36.1 Å². The summed E-state index contributed by atoms with van der Waals surface area (Å²) in [5.74, 6) is 1.42. The van der Waals surface area contributed by atoms with Crippen LogP contribution in [0.2, 0.25) is 0 Å². The summed E-state index contributed by atoms with van der Waals surface area (Å²) in [6.07, 6.45) is 6.19. The highest BCUT2D eigenvalue weighted by Gasteiger charge is 2.16. The van der Waals surface area contributed by atoms with Gasteiger partial charge in [-0.2, -0.15) is 5.26 Å². The minimum absolute atomic E-state index is 0.250. The summed E-state index contributed by atoms with van der Waals surface area (Å²) in [7, 11) is 1.62. The van der Waals surface area contributed by atoms with E-state index in [2.05, 4.69) is 26.5 Å². The van der Waals surface area contributed by atoms with Crippen molar-refractivity contribution in [1.29, 1.82) is 5.26 Å². The van der Waals surface area contributed by atoms with Crippen LogP contribution in [0.1, 0.15) is 27.2 Å². The normalized spacial score (nSPS) is 14.5. The summed E-state index contributed by atoms with van der Waals surface area (Å²) in [6.45, 7) is 9.91. The summed E-state index contributed by atoms with van der Waals surface area (Å²) in [5, 5.41) is 8.83. The molecule has 0 fully saturated rings. The third-order valence-electron chi connectivity index (χ3n) is 2.62. The van der Waals surface area contributed by atoms with Gasteiger partial charge in [-0.3, -0.25) is 0 Å². The average molecular weight is 219 g/mol. The highest BCUT2D eigenvalue weighted by atomic mass is 16.5. The fourth-order valence-corrected chi connectivity index (χ4v) is 1.61. The molecule has 16 heavy (non-hydrogen) atoms. The van der Waals surface area contributed by atoms with Crippen LogP contribution in [0.4, 0.5) is 0 Å². The topological polar surface area (TPSA) is 33.0 Å². The molecule has 0 heterocycles. The summed E-state index contributed by atoms with van der Waals surface area (Å²) in [4.78, 5) is 0. The first-order valence-electron chi connectivity index (χ1n) is 5.51. The van der Waals surface area contributed by atoms with Gasteiger partial charge in [-0.05, 0) is 36.5 Å². The van der Waals surface area contributed by atoms with Gasteiger partial charge in [0.25, 0.3) is 0 Å². The lowest BCUT2D eigenvalue weighted by Crippen LogP contribution is -2.10. The third-order valence-corrected chi connectivity index (χ3v) is 2.62. The Hall–Kier alpha value is -1.49. The molecule has 0 aliphatic carbocycles. The van der Waals surface area contributed by atoms with Gasteiger partial charge in [0.15, 0.2) is 0 Å². The van der Waals surface area contributed by atoms with E-state index in [1.807, 2.05) is 19.1 Å². The first kappa shape index (κ1) is 14.5. The molecule has 0 spiro atoms. The molecule has 0 saturated heterocycles. The number of methoxy groups -OCH3 is 1. The first-order valence-corrected chi connectivity index (χ1v) is 5.51. The largest absolute Gasteiger partial charge is 0.497 e. The van der Waals surface area contributed by atoms with Gasteiger partial charge in [0.1, 0.15) is 5.76 Å². The number of nitriles is 1. The Bertz CT molecular complexity index is 318. The van der Waals surface area contributed by atoms with Crippen LogP contribution in [0.25, 0.3) is 0 Å². The predicted molar refractivity (Wildman–Crippen MR) is 67.6 cm³/mol. The van der Waals surface area contributed by atoms with Crippen molar-refractivity contribution in [3.05, 3.63) is 36.1 Å². The van der Waals surface area contributed by atoms with Crippen LogP contribution in [-0.2, 0) is 4.74 Å². The molecule has 0 aromatic carbocycles. The van der Waals surface area contributed by atoms with E-state index >= 15 is 0 Å². The number of nitrogens with zero attached hydrogens (tertiary/aromatic N) is 1. The van der Waals surface area contributed by atoms with Crippen molar-refractivity contribution in [2.45, 2.75) is 27.2 Å². The van der Waals surface area contributed by atoms with Crippen molar-refractivity contribution in [2.75, 3.05) is 7.11 Å². The molecule has 1 unspecified atom stereocenters. The molecule has 0 aliphatic rings. The van der Waals surface area contributed by atoms with Crippen molar-refractivity contribution in [1.82, 2.24) is 0 Å². The number of hydrogen-bond acceptors (Lipinski definition) is 2. The second kappa shape index (κ2) is 7.76. The predicted octanol–water partition coefficient (Wildman–Crippen LogP) is 3.83. The van der Waals surface area contributed by atoms with E-state index in [1.54, 1.807) is 13.2 Å². The molecule has 0 aliphatic heterocycles. The minimum atomic E-state index is 0.250. The van der Waals surface area contributed by atoms with E-state index < -0.39 is 0 Å². The molecule has 2 nitrogen and oxygen atoms in total. The molecule has 0 saturated carbocycles. The average Bonchev–Trinajstić information content (AvgIpc) is 2.28. The van der Waals surface area contributed by atoms with Gasteiger partial charge in [-0.1, -0.05) is 26.5 Å². The molecule has 0 N–H and O–H groups in total. The zero-order valence-corrected chi connectivity index (χ0v) is 10.7. The van der Waals surface area contributed by atoms with Gasteiger partial charge in [0, 0.05) is 6.42 Å². The molecule has 0 radical (unpaired) electrons. The number of rotatable bonds is 6. The summed E-state index contributed by atoms with van der Waals surface area (Å²) < 4.78 is 5.16. The first-order chi connectivity index (χ1) is 7.60. The zero-order chi connectivity index (χ0) is 12.6. The molecule has 0 aromatic rings. The maximum Gasteiger partial charge on any atom is 0.118 e. The van der Waals surface area contributed by atoms with E-state index in [0.717, 1.165) is 11.3 Å². The Morgan fingerprint density at radius 1 is 1.50 bits per heavy atom. The van der Waals surface area contributed by atoms with E-state index in [-0.39, 0.29) is 5.92 Å². The van der Waals surface area contributed by atoms with Gasteiger partial charge in [-0.25, -0.2) is 0 Å². The van der Waals surface area contributed by atoms with Crippen molar-refractivity contribution >= 4 is 0 Å². The second-order valence-electron chi connectivity index (χ2n) is 3.96. The van der Waals surface area contributed by atoms with Crippen LogP contribution in [0.3, 0.4) is 0 Å². The Labute approximate surface area is 98.9 Å². The summed E-state index contributed by atoms with van der Waals surface area (Å²) in [6, 6.07) is 2.24. The number of hydrogen-bond donors (Lipinski definition) is 0. The van der Waals surface area contributed by atoms with Gasteiger partial charge in [0.2, 0.25) is 0 Å². The van der Waals surface area contributed by atoms with Crippen LogP contribution in [-0.4, -0.2) is 7.11 Å². The van der Waals surface area contributed by atoms with Crippen LogP contribution >= 0.6 is 0 Å². The molecule has 0 aromatic heterocycles. The highest BCUT2D eigenvalue weighted by molar-refractivity contribution is 5.28. The SMILES string of the molecule is C=C/C(=C\C(=C/C)C(CC#N)C(C)C)OC. The lowest BCUT2D eigenvalue weighted by molar-refractivity contribution is 0.305. The zero-order valence-electron chi connectivity index (χ0n) is 10.7. The lowest BCUT2D eigenvalue weighted by atomic mass is 9.85. The second-order valence-corrected chi connectivity index (χ2v) is 3.96. The van der Waals surface area contributed by atoms with Crippen molar-refractivity contribution in [3.8, 4) is 6.07 Å². The summed E-state index contributed by atoms with van der Waals surface area (Å²) >= 11 is 0. The Morgan fingerprint density at radius 3 is 2.44 bits per heavy atom. The van der Waals surface area contributed by atoms with E-state index in [4.69, 9.17) is 10.00 Å². The molecule has 0 amide bonds. The minimum Gasteiger partial charge on any atom is -0.497 e. The van der Waals surface area contributed by atoms with Gasteiger partial charge in [-0.15, -0.1) is 0 Å². The lowest BCUT2D eigenvalue weighted by Gasteiger charge is -2.19. The van der Waals surface area contributed by atoms with Crippen LogP contribution < -0.4 is 0 Å². The quantitative estimate of drug-likeness (QED) is 0.502. The van der Waals surface area contributed by atoms with Crippen molar-refractivity contribution in [2.24, 2.45) is 11.8 Å². The monoisotopic (exact) mass is 219 g/mol. The van der Waals surface area contributed by atoms with Crippen molar-refractivity contribution in [3.63, 3.8) is 0 Å². The maximum absolute atomic E-state index is 8.83. The maximum atomic E-state index is 8.83. The van der Waals surface area contributed by atoms with E-state index in [9.17, 15) is 0 Å². The molecule has 88 valence electrons. The standard InChI is InChI=1S/C14H21NO/c1-6-12(10-13(7-2)16-5)14(8-9-15)11(3)4/h6-7,10-11,14H,2,8H2,1,3-5H3/b12-6+,13-10+. The Kier molecular flexibility index (Phi) is 7.03.